The van der Waals surface area contributed by atoms with Crippen LogP contribution in [0.25, 0.3) is 0 Å². The third-order valence-electron chi connectivity index (χ3n) is 3.87. The molecule has 18 heavy (non-hydrogen) atoms. The number of likely N-dealkylation sites (N-methyl/N-ethyl adjacent to an activating group) is 2. The molecule has 106 valence electrons. The van der Waals surface area contributed by atoms with E-state index < -0.39 is 5.54 Å². The van der Waals surface area contributed by atoms with Gasteiger partial charge in [-0.2, -0.15) is 0 Å². The summed E-state index contributed by atoms with van der Waals surface area (Å²) >= 11 is 0. The number of carbonyl (C=O) groups excluding carboxylic acids is 1. The molecule has 0 aliphatic heterocycles. The quantitative estimate of drug-likeness (QED) is 0.579. The number of rotatable bonds is 10. The number of amides is 1. The number of carbonyl (C=O) groups is 1. The van der Waals surface area contributed by atoms with E-state index in [0.29, 0.717) is 5.92 Å². The molecule has 0 spiro atoms. The Kier molecular flexibility index (Phi) is 6.09. The number of nitrogens with two attached hydrogens (primary N) is 1. The third kappa shape index (κ3) is 3.95. The van der Waals surface area contributed by atoms with Gasteiger partial charge in [0.2, 0.25) is 5.91 Å². The molecule has 1 rings (SSSR count). The maximum absolute atomic E-state index is 11.9. The average molecular weight is 255 g/mol. The van der Waals surface area contributed by atoms with Crippen molar-refractivity contribution in [3.05, 3.63) is 0 Å². The Bertz CT molecular complexity index is 266. The first-order chi connectivity index (χ1) is 8.56. The van der Waals surface area contributed by atoms with Crippen LogP contribution in [0.3, 0.4) is 0 Å². The number of hydrogen-bond acceptors (Lipinski definition) is 3. The molecular formula is C14H29N3O. The Labute approximate surface area is 111 Å². The van der Waals surface area contributed by atoms with Gasteiger partial charge in [-0.1, -0.05) is 26.7 Å². The number of nitrogens with zero attached hydrogens (tertiary/aromatic N) is 1. The smallest absolute Gasteiger partial charge is 0.239 e. The highest BCUT2D eigenvalue weighted by Gasteiger charge is 2.49. The first-order valence-electron chi connectivity index (χ1n) is 7.30. The topological polar surface area (TPSA) is 58.4 Å². The molecule has 0 aromatic heterocycles. The predicted octanol–water partition coefficient (Wildman–Crippen LogP) is 1.35. The molecule has 3 N–H and O–H groups in total. The second-order valence-corrected chi connectivity index (χ2v) is 5.59. The maximum atomic E-state index is 11.9. The molecule has 1 aliphatic rings. The molecular weight excluding hydrogens is 226 g/mol. The highest BCUT2D eigenvalue weighted by molar-refractivity contribution is 5.86. The van der Waals surface area contributed by atoms with Gasteiger partial charge in [0.25, 0.3) is 0 Å². The van der Waals surface area contributed by atoms with Crippen LogP contribution in [0.2, 0.25) is 0 Å². The summed E-state index contributed by atoms with van der Waals surface area (Å²) in [6.07, 6.45) is 5.92. The summed E-state index contributed by atoms with van der Waals surface area (Å²) in [4.78, 5) is 14.1. The molecule has 4 heteroatoms. The van der Waals surface area contributed by atoms with Gasteiger partial charge in [0.1, 0.15) is 5.54 Å². The fraction of sp³-hybridized carbons (Fsp3) is 0.929. The first-order valence-corrected chi connectivity index (χ1v) is 7.30. The SMILES string of the molecule is CCCCCN(C)CC(NCC)(C(N)=O)C1CC1. The van der Waals surface area contributed by atoms with Gasteiger partial charge in [0.05, 0.1) is 0 Å². The van der Waals surface area contributed by atoms with E-state index in [0.717, 1.165) is 32.5 Å². The zero-order valence-electron chi connectivity index (χ0n) is 12.2. The van der Waals surface area contributed by atoms with Gasteiger partial charge in [-0.25, -0.2) is 0 Å². The molecule has 0 bridgehead atoms. The minimum atomic E-state index is -0.504. The highest BCUT2D eigenvalue weighted by Crippen LogP contribution is 2.40. The Morgan fingerprint density at radius 2 is 2.06 bits per heavy atom. The summed E-state index contributed by atoms with van der Waals surface area (Å²) in [6, 6.07) is 0. The summed E-state index contributed by atoms with van der Waals surface area (Å²) in [5, 5.41) is 3.36. The number of nitrogens with one attached hydrogen (secondary N) is 1. The minimum absolute atomic E-state index is 0.186. The molecule has 1 saturated carbocycles. The van der Waals surface area contributed by atoms with E-state index in [4.69, 9.17) is 5.73 Å². The molecule has 0 aromatic carbocycles. The number of unbranched alkanes of at least 4 members (excludes halogenated alkanes) is 2. The predicted molar refractivity (Wildman–Crippen MR) is 75.3 cm³/mol. The van der Waals surface area contributed by atoms with E-state index in [1.165, 1.54) is 19.3 Å². The summed E-state index contributed by atoms with van der Waals surface area (Å²) in [7, 11) is 2.09. The van der Waals surface area contributed by atoms with Crippen LogP contribution in [-0.2, 0) is 4.79 Å². The van der Waals surface area contributed by atoms with E-state index in [1.807, 2.05) is 6.92 Å². The maximum Gasteiger partial charge on any atom is 0.239 e. The molecule has 1 atom stereocenters. The second-order valence-electron chi connectivity index (χ2n) is 5.59. The van der Waals surface area contributed by atoms with Crippen LogP contribution in [0, 0.1) is 5.92 Å². The standard InChI is InChI=1S/C14H29N3O/c1-4-6-7-10-17(3)11-14(13(15)18,16-5-2)12-8-9-12/h12,16H,4-11H2,1-3H3,(H2,15,18). The molecule has 4 nitrogen and oxygen atoms in total. The van der Waals surface area contributed by atoms with Crippen molar-refractivity contribution in [1.82, 2.24) is 10.2 Å². The lowest BCUT2D eigenvalue weighted by Crippen LogP contribution is -2.62. The van der Waals surface area contributed by atoms with Crippen molar-refractivity contribution in [2.45, 2.75) is 51.5 Å². The van der Waals surface area contributed by atoms with E-state index in [1.54, 1.807) is 0 Å². The Morgan fingerprint density at radius 1 is 1.39 bits per heavy atom. The van der Waals surface area contributed by atoms with Crippen molar-refractivity contribution in [2.24, 2.45) is 11.7 Å². The van der Waals surface area contributed by atoms with Crippen molar-refractivity contribution in [1.29, 1.82) is 0 Å². The average Bonchev–Trinajstić information content (AvgIpc) is 3.12. The zero-order chi connectivity index (χ0) is 13.6. The van der Waals surface area contributed by atoms with Crippen molar-refractivity contribution in [3.8, 4) is 0 Å². The molecule has 1 aliphatic carbocycles. The molecule has 0 aromatic rings. The fourth-order valence-electron chi connectivity index (χ4n) is 2.72. The molecule has 1 amide bonds. The Hall–Kier alpha value is -0.610. The van der Waals surface area contributed by atoms with Crippen LogP contribution in [0.5, 0.6) is 0 Å². The normalized spacial score (nSPS) is 18.9. The van der Waals surface area contributed by atoms with Crippen LogP contribution >= 0.6 is 0 Å². The third-order valence-corrected chi connectivity index (χ3v) is 3.87. The minimum Gasteiger partial charge on any atom is -0.368 e. The van der Waals surface area contributed by atoms with Crippen molar-refractivity contribution < 1.29 is 4.79 Å². The van der Waals surface area contributed by atoms with Crippen LogP contribution in [0.15, 0.2) is 0 Å². The summed E-state index contributed by atoms with van der Waals surface area (Å²) in [5.41, 5.74) is 5.17. The molecule has 0 radical (unpaired) electrons. The monoisotopic (exact) mass is 255 g/mol. The fourth-order valence-corrected chi connectivity index (χ4v) is 2.72. The van der Waals surface area contributed by atoms with Crippen LogP contribution in [0.4, 0.5) is 0 Å². The molecule has 1 fully saturated rings. The Balaban J connectivity index is 2.57. The molecule has 0 saturated heterocycles. The largest absolute Gasteiger partial charge is 0.368 e. The number of hydrogen-bond donors (Lipinski definition) is 2. The lowest BCUT2D eigenvalue weighted by Gasteiger charge is -2.35. The molecule has 0 heterocycles. The second kappa shape index (κ2) is 7.10. The lowest BCUT2D eigenvalue weighted by molar-refractivity contribution is -0.126. The van der Waals surface area contributed by atoms with Crippen molar-refractivity contribution >= 4 is 5.91 Å². The highest BCUT2D eigenvalue weighted by atomic mass is 16.1. The van der Waals surface area contributed by atoms with Gasteiger partial charge in [-0.05, 0) is 45.3 Å². The number of primary amides is 1. The summed E-state index contributed by atoms with van der Waals surface area (Å²) in [6.45, 7) is 6.82. The summed E-state index contributed by atoms with van der Waals surface area (Å²) in [5.74, 6) is 0.248. The van der Waals surface area contributed by atoms with E-state index in [-0.39, 0.29) is 5.91 Å². The molecule has 1 unspecified atom stereocenters. The summed E-state index contributed by atoms with van der Waals surface area (Å²) < 4.78 is 0. The lowest BCUT2D eigenvalue weighted by atomic mass is 9.91. The van der Waals surface area contributed by atoms with E-state index >= 15 is 0 Å². The van der Waals surface area contributed by atoms with E-state index in [9.17, 15) is 4.79 Å². The van der Waals surface area contributed by atoms with Gasteiger partial charge in [0.15, 0.2) is 0 Å². The van der Waals surface area contributed by atoms with Crippen LogP contribution in [-0.4, -0.2) is 43.0 Å². The van der Waals surface area contributed by atoms with Crippen LogP contribution < -0.4 is 11.1 Å². The van der Waals surface area contributed by atoms with E-state index in [2.05, 4.69) is 24.2 Å². The zero-order valence-corrected chi connectivity index (χ0v) is 12.2. The van der Waals surface area contributed by atoms with Crippen molar-refractivity contribution in [3.63, 3.8) is 0 Å². The van der Waals surface area contributed by atoms with Gasteiger partial charge >= 0.3 is 0 Å². The van der Waals surface area contributed by atoms with Gasteiger partial charge < -0.3 is 16.0 Å². The van der Waals surface area contributed by atoms with Gasteiger partial charge in [-0.15, -0.1) is 0 Å². The van der Waals surface area contributed by atoms with Crippen LogP contribution in [0.1, 0.15) is 46.0 Å². The van der Waals surface area contributed by atoms with Crippen molar-refractivity contribution in [2.75, 3.05) is 26.7 Å². The first kappa shape index (κ1) is 15.4. The van der Waals surface area contributed by atoms with Gasteiger partial charge in [-0.3, -0.25) is 4.79 Å². The Morgan fingerprint density at radius 3 is 2.50 bits per heavy atom. The van der Waals surface area contributed by atoms with Gasteiger partial charge in [0, 0.05) is 6.54 Å².